The van der Waals surface area contributed by atoms with Crippen molar-refractivity contribution in [1.29, 1.82) is 0 Å². The summed E-state index contributed by atoms with van der Waals surface area (Å²) in [5.41, 5.74) is 0. The maximum atomic E-state index is 12.7. The van der Waals surface area contributed by atoms with Crippen molar-refractivity contribution in [3.8, 4) is 0 Å². The van der Waals surface area contributed by atoms with Crippen LogP contribution in [0.5, 0.6) is 0 Å². The first-order valence-electron chi connectivity index (χ1n) is 7.14. The van der Waals surface area contributed by atoms with Gasteiger partial charge in [0.15, 0.2) is 0 Å². The van der Waals surface area contributed by atoms with E-state index < -0.39 is 16.0 Å². The maximum absolute atomic E-state index is 12.7. The molecule has 0 radical (unpaired) electrons. The molecule has 118 valence electrons. The van der Waals surface area contributed by atoms with Crippen molar-refractivity contribution < 1.29 is 18.3 Å². The van der Waals surface area contributed by atoms with Crippen LogP contribution in [0, 0.1) is 0 Å². The first kappa shape index (κ1) is 16.0. The van der Waals surface area contributed by atoms with Crippen molar-refractivity contribution in [1.82, 2.24) is 14.1 Å². The molecule has 0 aliphatic carbocycles. The van der Waals surface area contributed by atoms with Crippen LogP contribution in [-0.4, -0.2) is 45.7 Å². The molecule has 2 unspecified atom stereocenters. The van der Waals surface area contributed by atoms with E-state index in [1.807, 2.05) is 13.8 Å². The van der Waals surface area contributed by atoms with Crippen molar-refractivity contribution in [3.05, 3.63) is 12.4 Å². The van der Waals surface area contributed by atoms with Gasteiger partial charge >= 0.3 is 5.97 Å². The molecule has 1 aliphatic rings. The first-order valence-corrected chi connectivity index (χ1v) is 8.58. The van der Waals surface area contributed by atoms with Gasteiger partial charge in [0.05, 0.1) is 19.2 Å². The molecule has 0 spiro atoms. The lowest BCUT2D eigenvalue weighted by molar-refractivity contribution is -0.137. The Balaban J connectivity index is 2.21. The highest BCUT2D eigenvalue weighted by Crippen LogP contribution is 2.32. The summed E-state index contributed by atoms with van der Waals surface area (Å²) in [7, 11) is -3.56. The number of aryl methyl sites for hydroxylation is 1. The molecular formula is C13H21N3O4S. The summed E-state index contributed by atoms with van der Waals surface area (Å²) in [4.78, 5) is 10.7. The minimum Gasteiger partial charge on any atom is -0.481 e. The zero-order valence-corrected chi connectivity index (χ0v) is 13.1. The van der Waals surface area contributed by atoms with Crippen molar-refractivity contribution >= 4 is 16.0 Å². The fourth-order valence-electron chi connectivity index (χ4n) is 2.80. The highest BCUT2D eigenvalue weighted by atomic mass is 32.2. The molecule has 2 rings (SSSR count). The molecule has 0 amide bonds. The number of hydrogen-bond acceptors (Lipinski definition) is 4. The molecule has 0 aromatic carbocycles. The van der Waals surface area contributed by atoms with Crippen LogP contribution in [0.2, 0.25) is 0 Å². The van der Waals surface area contributed by atoms with Gasteiger partial charge in [0, 0.05) is 18.3 Å². The molecule has 1 fully saturated rings. The number of aliphatic carboxylic acids is 1. The predicted molar refractivity (Wildman–Crippen MR) is 76.3 cm³/mol. The monoisotopic (exact) mass is 315 g/mol. The van der Waals surface area contributed by atoms with Gasteiger partial charge in [-0.25, -0.2) is 8.42 Å². The third kappa shape index (κ3) is 3.26. The topological polar surface area (TPSA) is 92.5 Å². The molecule has 0 saturated carbocycles. The predicted octanol–water partition coefficient (Wildman–Crippen LogP) is 1.31. The van der Waals surface area contributed by atoms with Crippen LogP contribution in [0.1, 0.15) is 39.5 Å². The molecule has 1 aromatic rings. The summed E-state index contributed by atoms with van der Waals surface area (Å²) >= 11 is 0. The second kappa shape index (κ2) is 6.15. The van der Waals surface area contributed by atoms with E-state index in [9.17, 15) is 13.2 Å². The number of sulfonamides is 1. The molecule has 21 heavy (non-hydrogen) atoms. The Morgan fingerprint density at radius 2 is 2.19 bits per heavy atom. The summed E-state index contributed by atoms with van der Waals surface area (Å²) in [6.45, 7) is 4.07. The lowest BCUT2D eigenvalue weighted by Crippen LogP contribution is -2.39. The van der Waals surface area contributed by atoms with E-state index in [4.69, 9.17) is 5.11 Å². The Morgan fingerprint density at radius 1 is 1.48 bits per heavy atom. The van der Waals surface area contributed by atoms with Gasteiger partial charge < -0.3 is 5.11 Å². The Bertz CT molecular complexity index is 611. The van der Waals surface area contributed by atoms with Crippen molar-refractivity contribution in [3.63, 3.8) is 0 Å². The van der Waals surface area contributed by atoms with Gasteiger partial charge in [-0.1, -0.05) is 6.92 Å². The maximum Gasteiger partial charge on any atom is 0.305 e. The average molecular weight is 315 g/mol. The third-order valence-corrected chi connectivity index (χ3v) is 5.94. The number of hydrogen-bond donors (Lipinski definition) is 1. The molecule has 7 nitrogen and oxygen atoms in total. The molecule has 1 aromatic heterocycles. The second-order valence-corrected chi connectivity index (χ2v) is 7.25. The van der Waals surface area contributed by atoms with Crippen molar-refractivity contribution in [2.24, 2.45) is 0 Å². The Morgan fingerprint density at radius 3 is 2.81 bits per heavy atom. The lowest BCUT2D eigenvalue weighted by Gasteiger charge is -2.26. The van der Waals surface area contributed by atoms with Crippen LogP contribution in [0.3, 0.4) is 0 Å². The molecule has 1 N–H and O–H groups in total. The highest BCUT2D eigenvalue weighted by Gasteiger charge is 2.39. The summed E-state index contributed by atoms with van der Waals surface area (Å²) in [6, 6.07) is 0.0229. The smallest absolute Gasteiger partial charge is 0.305 e. The Kier molecular flexibility index (Phi) is 4.67. The Labute approximate surface area is 124 Å². The molecule has 2 atom stereocenters. The minimum absolute atomic E-state index is 0.0117. The zero-order valence-electron chi connectivity index (χ0n) is 12.3. The highest BCUT2D eigenvalue weighted by molar-refractivity contribution is 7.89. The van der Waals surface area contributed by atoms with Crippen LogP contribution in [0.15, 0.2) is 17.3 Å². The number of rotatable bonds is 6. The van der Waals surface area contributed by atoms with Gasteiger partial charge in [0.1, 0.15) is 4.90 Å². The molecule has 2 heterocycles. The van der Waals surface area contributed by atoms with Gasteiger partial charge in [0.2, 0.25) is 10.0 Å². The second-order valence-electron chi connectivity index (χ2n) is 5.41. The first-order chi connectivity index (χ1) is 9.86. The number of carbonyl (C=O) groups is 1. The van der Waals surface area contributed by atoms with Gasteiger partial charge in [-0.3, -0.25) is 9.48 Å². The van der Waals surface area contributed by atoms with E-state index in [0.717, 1.165) is 19.3 Å². The fraction of sp³-hybridized carbons (Fsp3) is 0.692. The summed E-state index contributed by atoms with van der Waals surface area (Å²) in [5, 5.41) is 12.6. The summed E-state index contributed by atoms with van der Waals surface area (Å²) in [6.07, 6.45) is 5.16. The molecule has 1 saturated heterocycles. The molecular weight excluding hydrogens is 294 g/mol. The van der Waals surface area contributed by atoms with Crippen LogP contribution in [0.25, 0.3) is 0 Å². The quantitative estimate of drug-likeness (QED) is 0.854. The van der Waals surface area contributed by atoms with Crippen LogP contribution in [-0.2, 0) is 21.4 Å². The van der Waals surface area contributed by atoms with E-state index in [1.54, 1.807) is 4.31 Å². The largest absolute Gasteiger partial charge is 0.481 e. The van der Waals surface area contributed by atoms with Gasteiger partial charge in [-0.05, 0) is 26.2 Å². The van der Waals surface area contributed by atoms with Crippen molar-refractivity contribution in [2.45, 2.75) is 63.1 Å². The average Bonchev–Trinajstić information content (AvgIpc) is 3.03. The van der Waals surface area contributed by atoms with Crippen LogP contribution in [0.4, 0.5) is 0 Å². The SMILES string of the molecule is CCC1CCC(C)N1S(=O)(=O)c1cnn(CCC(=O)O)c1. The van der Waals surface area contributed by atoms with E-state index in [1.165, 1.54) is 17.1 Å². The molecule has 1 aliphatic heterocycles. The summed E-state index contributed by atoms with van der Waals surface area (Å²) < 4.78 is 28.4. The number of nitrogens with zero attached hydrogens (tertiary/aromatic N) is 3. The lowest BCUT2D eigenvalue weighted by atomic mass is 10.2. The third-order valence-electron chi connectivity index (χ3n) is 3.92. The standard InChI is InChI=1S/C13H21N3O4S/c1-3-11-5-4-10(2)16(11)21(19,20)12-8-14-15(9-12)7-6-13(17)18/h8-11H,3-7H2,1-2H3,(H,17,18). The number of carboxylic acid groups (broad SMARTS) is 1. The molecule has 0 bridgehead atoms. The Hall–Kier alpha value is -1.41. The van der Waals surface area contributed by atoms with Crippen LogP contribution < -0.4 is 0 Å². The van der Waals surface area contributed by atoms with Gasteiger partial charge in [-0.2, -0.15) is 9.40 Å². The van der Waals surface area contributed by atoms with Gasteiger partial charge in [0.25, 0.3) is 0 Å². The van der Waals surface area contributed by atoms with E-state index in [2.05, 4.69) is 5.10 Å². The molecule has 8 heteroatoms. The number of aromatic nitrogens is 2. The summed E-state index contributed by atoms with van der Waals surface area (Å²) in [5.74, 6) is -0.936. The van der Waals surface area contributed by atoms with Gasteiger partial charge in [-0.15, -0.1) is 0 Å². The van der Waals surface area contributed by atoms with Crippen molar-refractivity contribution in [2.75, 3.05) is 0 Å². The minimum atomic E-state index is -3.56. The van der Waals surface area contributed by atoms with Crippen LogP contribution >= 0.6 is 0 Å². The van der Waals surface area contributed by atoms with E-state index >= 15 is 0 Å². The fourth-order valence-corrected chi connectivity index (χ4v) is 4.70. The normalized spacial score (nSPS) is 23.5. The van der Waals surface area contributed by atoms with E-state index in [-0.39, 0.29) is 29.9 Å². The number of carboxylic acids is 1. The van der Waals surface area contributed by atoms with E-state index in [0.29, 0.717) is 0 Å². The zero-order chi connectivity index (χ0) is 15.6.